The minimum atomic E-state index is 0.207. The number of carbonyl (C=O) groups is 1. The maximum Gasteiger partial charge on any atom is 0.223 e. The van der Waals surface area contributed by atoms with E-state index in [1.807, 2.05) is 0 Å². The van der Waals surface area contributed by atoms with E-state index in [4.69, 9.17) is 4.74 Å². The van der Waals surface area contributed by atoms with Crippen LogP contribution in [0.3, 0.4) is 0 Å². The smallest absolute Gasteiger partial charge is 0.223 e. The van der Waals surface area contributed by atoms with Crippen molar-refractivity contribution in [1.29, 1.82) is 0 Å². The summed E-state index contributed by atoms with van der Waals surface area (Å²) in [5.41, 5.74) is 0. The molecule has 2 aliphatic rings. The van der Waals surface area contributed by atoms with E-state index in [1.54, 1.807) is 0 Å². The molecule has 0 aliphatic carbocycles. The van der Waals surface area contributed by atoms with Crippen LogP contribution < -0.4 is 10.6 Å². The third kappa shape index (κ3) is 3.95. The van der Waals surface area contributed by atoms with Crippen LogP contribution in [0.1, 0.15) is 39.5 Å². The molecule has 2 rings (SSSR count). The summed E-state index contributed by atoms with van der Waals surface area (Å²) in [6.07, 6.45) is 4.44. The van der Waals surface area contributed by atoms with Gasteiger partial charge in [0, 0.05) is 25.1 Å². The molecule has 104 valence electrons. The standard InChI is InChI=1S/C14H26N2O2/c1-10-7-13(3-5-15-10)14(17)16-9-12-4-6-18-11(2)8-12/h10-13,15H,3-9H2,1-2H3,(H,16,17)/t10-,11?,12?,13-/m0/s1. The summed E-state index contributed by atoms with van der Waals surface area (Å²) in [4.78, 5) is 12.1. The Morgan fingerprint density at radius 1 is 1.33 bits per heavy atom. The first-order chi connectivity index (χ1) is 8.65. The third-order valence-corrected chi connectivity index (χ3v) is 4.15. The van der Waals surface area contributed by atoms with E-state index < -0.39 is 0 Å². The lowest BCUT2D eigenvalue weighted by Crippen LogP contribution is -2.44. The van der Waals surface area contributed by atoms with Crippen LogP contribution in [0.5, 0.6) is 0 Å². The molecule has 4 heteroatoms. The molecule has 2 aliphatic heterocycles. The fourth-order valence-electron chi connectivity index (χ4n) is 3.04. The molecule has 1 amide bonds. The fourth-order valence-corrected chi connectivity index (χ4v) is 3.04. The van der Waals surface area contributed by atoms with Crippen molar-refractivity contribution in [2.75, 3.05) is 19.7 Å². The van der Waals surface area contributed by atoms with Gasteiger partial charge in [-0.25, -0.2) is 0 Å². The maximum atomic E-state index is 12.1. The number of amides is 1. The zero-order valence-electron chi connectivity index (χ0n) is 11.6. The van der Waals surface area contributed by atoms with Gasteiger partial charge in [0.25, 0.3) is 0 Å². The normalized spacial score (nSPS) is 37.2. The number of piperidine rings is 1. The predicted octanol–water partition coefficient (Wildman–Crippen LogP) is 1.31. The zero-order valence-corrected chi connectivity index (χ0v) is 11.6. The lowest BCUT2D eigenvalue weighted by molar-refractivity contribution is -0.126. The number of rotatable bonds is 3. The molecule has 2 saturated heterocycles. The van der Waals surface area contributed by atoms with Crippen LogP contribution in [0, 0.1) is 11.8 Å². The summed E-state index contributed by atoms with van der Waals surface area (Å²) in [5, 5.41) is 6.52. The Hall–Kier alpha value is -0.610. The van der Waals surface area contributed by atoms with Crippen LogP contribution >= 0.6 is 0 Å². The Morgan fingerprint density at radius 3 is 2.89 bits per heavy atom. The molecule has 2 N–H and O–H groups in total. The van der Waals surface area contributed by atoms with Crippen molar-refractivity contribution in [3.05, 3.63) is 0 Å². The average molecular weight is 254 g/mol. The molecule has 2 unspecified atom stereocenters. The minimum Gasteiger partial charge on any atom is -0.378 e. The van der Waals surface area contributed by atoms with Crippen molar-refractivity contribution >= 4 is 5.91 Å². The topological polar surface area (TPSA) is 50.4 Å². The van der Waals surface area contributed by atoms with Gasteiger partial charge in [-0.3, -0.25) is 4.79 Å². The molecule has 0 aromatic carbocycles. The average Bonchev–Trinajstić information content (AvgIpc) is 2.36. The number of ether oxygens (including phenoxy) is 1. The Bertz CT molecular complexity index is 283. The highest BCUT2D eigenvalue weighted by Gasteiger charge is 2.26. The first-order valence-corrected chi connectivity index (χ1v) is 7.28. The molecule has 0 spiro atoms. The van der Waals surface area contributed by atoms with E-state index in [-0.39, 0.29) is 11.8 Å². The van der Waals surface area contributed by atoms with Gasteiger partial charge in [-0.1, -0.05) is 0 Å². The van der Waals surface area contributed by atoms with Crippen LogP contribution in [0.25, 0.3) is 0 Å². The van der Waals surface area contributed by atoms with Gasteiger partial charge in [0.05, 0.1) is 6.10 Å². The number of nitrogens with one attached hydrogen (secondary N) is 2. The van der Waals surface area contributed by atoms with Crippen molar-refractivity contribution in [2.24, 2.45) is 11.8 Å². The van der Waals surface area contributed by atoms with E-state index in [2.05, 4.69) is 24.5 Å². The SMILES string of the molecule is CC1CC(CNC(=O)[C@H]2CCN[C@@H](C)C2)CCO1. The zero-order chi connectivity index (χ0) is 13.0. The van der Waals surface area contributed by atoms with E-state index in [0.29, 0.717) is 18.1 Å². The highest BCUT2D eigenvalue weighted by Crippen LogP contribution is 2.20. The van der Waals surface area contributed by atoms with Gasteiger partial charge in [0.2, 0.25) is 5.91 Å². The Balaban J connectivity index is 1.70. The highest BCUT2D eigenvalue weighted by atomic mass is 16.5. The predicted molar refractivity (Wildman–Crippen MR) is 71.3 cm³/mol. The molecule has 4 atom stereocenters. The second kappa shape index (κ2) is 6.53. The van der Waals surface area contributed by atoms with E-state index in [9.17, 15) is 4.79 Å². The lowest BCUT2D eigenvalue weighted by Gasteiger charge is -2.30. The molecule has 0 aromatic heterocycles. The van der Waals surface area contributed by atoms with Gasteiger partial charge < -0.3 is 15.4 Å². The second-order valence-corrected chi connectivity index (χ2v) is 5.89. The first-order valence-electron chi connectivity index (χ1n) is 7.28. The van der Waals surface area contributed by atoms with Crippen LogP contribution in [0.4, 0.5) is 0 Å². The summed E-state index contributed by atoms with van der Waals surface area (Å²) >= 11 is 0. The van der Waals surface area contributed by atoms with Gasteiger partial charge in [0.1, 0.15) is 0 Å². The Labute approximate surface area is 110 Å². The molecule has 0 aromatic rings. The van der Waals surface area contributed by atoms with Crippen molar-refractivity contribution < 1.29 is 9.53 Å². The van der Waals surface area contributed by atoms with E-state index >= 15 is 0 Å². The lowest BCUT2D eigenvalue weighted by atomic mass is 9.91. The summed E-state index contributed by atoms with van der Waals surface area (Å²) in [6.45, 7) is 6.90. The molecular formula is C14H26N2O2. The third-order valence-electron chi connectivity index (χ3n) is 4.15. The van der Waals surface area contributed by atoms with E-state index in [0.717, 1.165) is 45.4 Å². The fraction of sp³-hybridized carbons (Fsp3) is 0.929. The van der Waals surface area contributed by atoms with Crippen molar-refractivity contribution in [3.8, 4) is 0 Å². The van der Waals surface area contributed by atoms with Gasteiger partial charge in [0.15, 0.2) is 0 Å². The largest absolute Gasteiger partial charge is 0.378 e. The summed E-state index contributed by atoms with van der Waals surface area (Å²) < 4.78 is 5.52. The van der Waals surface area contributed by atoms with Crippen molar-refractivity contribution in [1.82, 2.24) is 10.6 Å². The van der Waals surface area contributed by atoms with Crippen LogP contribution in [0.2, 0.25) is 0 Å². The molecule has 4 nitrogen and oxygen atoms in total. The molecule has 2 heterocycles. The molecule has 0 bridgehead atoms. The second-order valence-electron chi connectivity index (χ2n) is 5.89. The van der Waals surface area contributed by atoms with Gasteiger partial charge >= 0.3 is 0 Å². The molecular weight excluding hydrogens is 228 g/mol. The molecule has 0 radical (unpaired) electrons. The van der Waals surface area contributed by atoms with Crippen LogP contribution in [-0.2, 0) is 9.53 Å². The highest BCUT2D eigenvalue weighted by molar-refractivity contribution is 5.78. The minimum absolute atomic E-state index is 0.207. The monoisotopic (exact) mass is 254 g/mol. The van der Waals surface area contributed by atoms with Crippen molar-refractivity contribution in [2.45, 2.75) is 51.7 Å². The Kier molecular flexibility index (Phi) is 5.01. The molecule has 18 heavy (non-hydrogen) atoms. The van der Waals surface area contributed by atoms with Crippen LogP contribution in [0.15, 0.2) is 0 Å². The van der Waals surface area contributed by atoms with Gasteiger partial charge in [-0.15, -0.1) is 0 Å². The first kappa shape index (κ1) is 13.8. The molecule has 0 saturated carbocycles. The quantitative estimate of drug-likeness (QED) is 0.798. The Morgan fingerprint density at radius 2 is 2.17 bits per heavy atom. The molecule has 2 fully saturated rings. The van der Waals surface area contributed by atoms with Gasteiger partial charge in [-0.2, -0.15) is 0 Å². The summed E-state index contributed by atoms with van der Waals surface area (Å²) in [5.74, 6) is 1.05. The maximum absolute atomic E-state index is 12.1. The van der Waals surface area contributed by atoms with Crippen LogP contribution in [-0.4, -0.2) is 37.7 Å². The number of hydrogen-bond donors (Lipinski definition) is 2. The summed E-state index contributed by atoms with van der Waals surface area (Å²) in [6, 6.07) is 0.470. The van der Waals surface area contributed by atoms with Gasteiger partial charge in [-0.05, 0) is 52.0 Å². The summed E-state index contributed by atoms with van der Waals surface area (Å²) in [7, 11) is 0. The van der Waals surface area contributed by atoms with E-state index in [1.165, 1.54) is 0 Å². The van der Waals surface area contributed by atoms with Crippen molar-refractivity contribution in [3.63, 3.8) is 0 Å². The number of hydrogen-bond acceptors (Lipinski definition) is 3. The number of carbonyl (C=O) groups excluding carboxylic acids is 1.